The summed E-state index contributed by atoms with van der Waals surface area (Å²) in [5.41, 5.74) is 2.52. The molecule has 1 unspecified atom stereocenters. The Bertz CT molecular complexity index is 1210. The smallest absolute Gasteiger partial charge is 0.318 e. The molecule has 33 heavy (non-hydrogen) atoms. The number of hydrogen-bond acceptors (Lipinski definition) is 5. The van der Waals surface area contributed by atoms with Crippen LogP contribution in [0.2, 0.25) is 0 Å². The molecule has 5 rings (SSSR count). The van der Waals surface area contributed by atoms with Gasteiger partial charge in [-0.15, -0.1) is 0 Å². The monoisotopic (exact) mass is 442 g/mol. The fourth-order valence-electron chi connectivity index (χ4n) is 4.42. The lowest BCUT2D eigenvalue weighted by molar-refractivity contribution is -0.148. The van der Waals surface area contributed by atoms with Crippen molar-refractivity contribution in [1.82, 2.24) is 0 Å². The van der Waals surface area contributed by atoms with E-state index in [0.29, 0.717) is 34.0 Å². The van der Waals surface area contributed by atoms with E-state index < -0.39 is 24.4 Å². The highest BCUT2D eigenvalue weighted by atomic mass is 16.5. The minimum absolute atomic E-state index is 0.148. The Labute approximate surface area is 190 Å². The molecule has 0 saturated heterocycles. The average Bonchev–Trinajstić information content (AvgIpc) is 2.94. The van der Waals surface area contributed by atoms with E-state index in [1.165, 1.54) is 4.90 Å². The van der Waals surface area contributed by atoms with E-state index in [0.717, 1.165) is 0 Å². The van der Waals surface area contributed by atoms with Crippen molar-refractivity contribution in [1.29, 1.82) is 0 Å². The average molecular weight is 442 g/mol. The second-order valence-electron chi connectivity index (χ2n) is 8.10. The Kier molecular flexibility index (Phi) is 5.30. The van der Waals surface area contributed by atoms with Gasteiger partial charge in [0.2, 0.25) is 5.91 Å². The molecule has 2 amide bonds. The molecular formula is C26H22N2O5. The standard InChI is InChI=1S/C26H22N2O5/c1-16-14-23(29)27-19-10-4-5-11-20(19)28(16)24(30)15-32-26(31)25-17-8-2-6-12-21(17)33-22-13-7-3-9-18(22)25/h2-13,16,25H,14-15H2,1H3,(H,27,29). The third-order valence-corrected chi connectivity index (χ3v) is 5.88. The van der Waals surface area contributed by atoms with E-state index in [2.05, 4.69) is 5.32 Å². The lowest BCUT2D eigenvalue weighted by atomic mass is 9.88. The van der Waals surface area contributed by atoms with Gasteiger partial charge in [-0.3, -0.25) is 14.4 Å². The zero-order valence-corrected chi connectivity index (χ0v) is 18.0. The number of esters is 1. The van der Waals surface area contributed by atoms with Gasteiger partial charge in [0, 0.05) is 23.6 Å². The molecule has 0 saturated carbocycles. The van der Waals surface area contributed by atoms with E-state index in [-0.39, 0.29) is 18.4 Å². The number of para-hydroxylation sites is 4. The van der Waals surface area contributed by atoms with Crippen LogP contribution in [0.3, 0.4) is 0 Å². The van der Waals surface area contributed by atoms with Crippen LogP contribution in [-0.2, 0) is 19.1 Å². The van der Waals surface area contributed by atoms with Gasteiger partial charge in [0.05, 0.1) is 11.4 Å². The lowest BCUT2D eigenvalue weighted by Gasteiger charge is -2.29. The highest BCUT2D eigenvalue weighted by Gasteiger charge is 2.35. The summed E-state index contributed by atoms with van der Waals surface area (Å²) < 4.78 is 11.5. The zero-order chi connectivity index (χ0) is 22.9. The number of fused-ring (bicyclic) bond motifs is 3. The molecule has 0 spiro atoms. The van der Waals surface area contributed by atoms with Crippen molar-refractivity contribution in [3.8, 4) is 11.5 Å². The molecule has 166 valence electrons. The largest absolute Gasteiger partial charge is 0.457 e. The van der Waals surface area contributed by atoms with Crippen LogP contribution >= 0.6 is 0 Å². The number of anilines is 2. The van der Waals surface area contributed by atoms with Gasteiger partial charge in [0.15, 0.2) is 6.61 Å². The third-order valence-electron chi connectivity index (χ3n) is 5.88. The topological polar surface area (TPSA) is 84.9 Å². The van der Waals surface area contributed by atoms with Crippen LogP contribution in [0.1, 0.15) is 30.4 Å². The molecule has 0 bridgehead atoms. The molecular weight excluding hydrogens is 420 g/mol. The fourth-order valence-corrected chi connectivity index (χ4v) is 4.42. The van der Waals surface area contributed by atoms with Crippen molar-refractivity contribution in [3.05, 3.63) is 83.9 Å². The van der Waals surface area contributed by atoms with Gasteiger partial charge >= 0.3 is 5.97 Å². The fraction of sp³-hybridized carbons (Fsp3) is 0.192. The summed E-state index contributed by atoms with van der Waals surface area (Å²) in [7, 11) is 0. The van der Waals surface area contributed by atoms with Gasteiger partial charge in [0.25, 0.3) is 5.91 Å². The first-order valence-electron chi connectivity index (χ1n) is 10.8. The van der Waals surface area contributed by atoms with Crippen molar-refractivity contribution in [2.45, 2.75) is 25.3 Å². The molecule has 0 aromatic heterocycles. The quantitative estimate of drug-likeness (QED) is 0.614. The molecule has 7 heteroatoms. The van der Waals surface area contributed by atoms with Crippen molar-refractivity contribution in [2.75, 3.05) is 16.8 Å². The van der Waals surface area contributed by atoms with E-state index in [1.807, 2.05) is 36.4 Å². The number of ether oxygens (including phenoxy) is 2. The number of benzene rings is 3. The maximum absolute atomic E-state index is 13.2. The predicted octanol–water partition coefficient (Wildman–Crippen LogP) is 4.23. The molecule has 2 heterocycles. The number of nitrogens with one attached hydrogen (secondary N) is 1. The highest BCUT2D eigenvalue weighted by molar-refractivity contribution is 6.05. The van der Waals surface area contributed by atoms with Crippen LogP contribution in [0.15, 0.2) is 72.8 Å². The second-order valence-corrected chi connectivity index (χ2v) is 8.10. The van der Waals surface area contributed by atoms with Crippen LogP contribution in [0, 0.1) is 0 Å². The Morgan fingerprint density at radius 3 is 2.27 bits per heavy atom. The summed E-state index contributed by atoms with van der Waals surface area (Å²) in [4.78, 5) is 40.1. The predicted molar refractivity (Wildman–Crippen MR) is 122 cm³/mol. The Hall–Kier alpha value is -4.13. The number of rotatable bonds is 3. The molecule has 0 radical (unpaired) electrons. The van der Waals surface area contributed by atoms with Crippen molar-refractivity contribution < 1.29 is 23.9 Å². The van der Waals surface area contributed by atoms with Crippen molar-refractivity contribution in [3.63, 3.8) is 0 Å². The van der Waals surface area contributed by atoms with Gasteiger partial charge in [-0.1, -0.05) is 48.5 Å². The molecule has 0 fully saturated rings. The molecule has 0 aliphatic carbocycles. The molecule has 2 aliphatic rings. The van der Waals surface area contributed by atoms with E-state index in [4.69, 9.17) is 9.47 Å². The molecule has 1 N–H and O–H groups in total. The maximum Gasteiger partial charge on any atom is 0.318 e. The Morgan fingerprint density at radius 1 is 0.970 bits per heavy atom. The SMILES string of the molecule is CC1CC(=O)Nc2ccccc2N1C(=O)COC(=O)C1c2ccccc2Oc2ccccc21. The van der Waals surface area contributed by atoms with Crippen LogP contribution < -0.4 is 15.0 Å². The number of nitrogens with zero attached hydrogens (tertiary/aromatic N) is 1. The minimum Gasteiger partial charge on any atom is -0.457 e. The number of carbonyl (C=O) groups excluding carboxylic acids is 3. The van der Waals surface area contributed by atoms with Gasteiger partial charge in [-0.2, -0.15) is 0 Å². The first-order valence-corrected chi connectivity index (χ1v) is 10.8. The molecule has 3 aromatic carbocycles. The van der Waals surface area contributed by atoms with Gasteiger partial charge in [-0.05, 0) is 31.2 Å². The molecule has 7 nitrogen and oxygen atoms in total. The Morgan fingerprint density at radius 2 is 1.58 bits per heavy atom. The van der Waals surface area contributed by atoms with E-state index >= 15 is 0 Å². The zero-order valence-electron chi connectivity index (χ0n) is 18.0. The van der Waals surface area contributed by atoms with Crippen LogP contribution in [0.5, 0.6) is 11.5 Å². The van der Waals surface area contributed by atoms with Gasteiger partial charge < -0.3 is 19.7 Å². The summed E-state index contributed by atoms with van der Waals surface area (Å²) in [6.45, 7) is 1.36. The van der Waals surface area contributed by atoms with Crippen molar-refractivity contribution >= 4 is 29.2 Å². The number of carbonyl (C=O) groups is 3. The summed E-state index contributed by atoms with van der Waals surface area (Å²) in [6.07, 6.45) is 0.148. The van der Waals surface area contributed by atoms with E-state index in [9.17, 15) is 14.4 Å². The molecule has 3 aromatic rings. The maximum atomic E-state index is 13.2. The second kappa shape index (κ2) is 8.43. The first-order chi connectivity index (χ1) is 16.0. The normalized spacial score (nSPS) is 16.9. The lowest BCUT2D eigenvalue weighted by Crippen LogP contribution is -2.41. The third kappa shape index (κ3) is 3.82. The minimum atomic E-state index is -0.698. The summed E-state index contributed by atoms with van der Waals surface area (Å²) in [6, 6.07) is 21.3. The van der Waals surface area contributed by atoms with Crippen LogP contribution in [0.25, 0.3) is 0 Å². The number of amides is 2. The molecule has 2 aliphatic heterocycles. The molecule has 1 atom stereocenters. The first kappa shape index (κ1) is 20.8. The van der Waals surface area contributed by atoms with Crippen molar-refractivity contribution in [2.24, 2.45) is 0 Å². The summed E-state index contributed by atoms with van der Waals surface area (Å²) >= 11 is 0. The van der Waals surface area contributed by atoms with Gasteiger partial charge in [-0.25, -0.2) is 0 Å². The van der Waals surface area contributed by atoms with Gasteiger partial charge in [0.1, 0.15) is 17.4 Å². The summed E-state index contributed by atoms with van der Waals surface area (Å²) in [5, 5.41) is 2.82. The Balaban J connectivity index is 1.39. The van der Waals surface area contributed by atoms with Crippen LogP contribution in [0.4, 0.5) is 11.4 Å². The number of hydrogen-bond donors (Lipinski definition) is 1. The highest BCUT2D eigenvalue weighted by Crippen LogP contribution is 2.44. The summed E-state index contributed by atoms with van der Waals surface area (Å²) in [5.74, 6) is -0.619. The van der Waals surface area contributed by atoms with E-state index in [1.54, 1.807) is 43.3 Å². The van der Waals surface area contributed by atoms with Crippen LogP contribution in [-0.4, -0.2) is 30.4 Å².